The first-order chi connectivity index (χ1) is 12.1. The van der Waals surface area contributed by atoms with Gasteiger partial charge in [-0.2, -0.15) is 5.10 Å². The number of nitrogens with zero attached hydrogens (tertiary/aromatic N) is 3. The molecule has 3 rings (SSSR count). The van der Waals surface area contributed by atoms with Crippen LogP contribution in [0.15, 0.2) is 36.5 Å². The molecule has 0 saturated carbocycles. The first-order valence-corrected chi connectivity index (χ1v) is 8.91. The lowest BCUT2D eigenvalue weighted by Crippen LogP contribution is -2.33. The number of hydrogen-bond acceptors (Lipinski definition) is 4. The van der Waals surface area contributed by atoms with E-state index in [-0.39, 0.29) is 5.91 Å². The third kappa shape index (κ3) is 4.74. The summed E-state index contributed by atoms with van der Waals surface area (Å²) in [5, 5.41) is 8.49. The Labute approximate surface area is 152 Å². The molecule has 1 fully saturated rings. The van der Waals surface area contributed by atoms with Crippen molar-refractivity contribution < 1.29 is 9.53 Å². The van der Waals surface area contributed by atoms with E-state index < -0.39 is 0 Å². The molecule has 7 heteroatoms. The van der Waals surface area contributed by atoms with Crippen LogP contribution >= 0.6 is 11.6 Å². The molecule has 1 aliphatic rings. The fraction of sp³-hybridized carbons (Fsp3) is 0.444. The molecule has 1 atom stereocenters. The maximum Gasteiger partial charge on any atom is 0.274 e. The van der Waals surface area contributed by atoms with E-state index in [9.17, 15) is 4.79 Å². The Balaban J connectivity index is 1.50. The molecule has 2 aromatic rings. The van der Waals surface area contributed by atoms with Gasteiger partial charge in [0.05, 0.1) is 12.6 Å². The van der Waals surface area contributed by atoms with Crippen LogP contribution in [0.1, 0.15) is 29.4 Å². The van der Waals surface area contributed by atoms with Crippen LogP contribution < -0.4 is 10.1 Å². The molecule has 1 unspecified atom stereocenters. The summed E-state index contributed by atoms with van der Waals surface area (Å²) in [7, 11) is 1.76. The molecule has 0 aliphatic carbocycles. The molecule has 1 N–H and O–H groups in total. The van der Waals surface area contributed by atoms with E-state index in [4.69, 9.17) is 16.3 Å². The highest BCUT2D eigenvalue weighted by Crippen LogP contribution is 2.17. The number of aromatic nitrogens is 2. The Morgan fingerprint density at radius 1 is 1.40 bits per heavy atom. The second kappa shape index (κ2) is 8.36. The van der Waals surface area contributed by atoms with Gasteiger partial charge in [0, 0.05) is 24.8 Å². The Morgan fingerprint density at radius 3 is 2.92 bits per heavy atom. The van der Waals surface area contributed by atoms with Crippen LogP contribution in [0.5, 0.6) is 5.75 Å². The Morgan fingerprint density at radius 2 is 2.20 bits per heavy atom. The number of carbonyl (C=O) groups is 1. The average Bonchev–Trinajstić information content (AvgIpc) is 3.13. The second-order valence-corrected chi connectivity index (χ2v) is 6.65. The molecule has 0 spiro atoms. The third-order valence-corrected chi connectivity index (χ3v) is 4.58. The molecule has 1 amide bonds. The molecule has 1 aliphatic heterocycles. The summed E-state index contributed by atoms with van der Waals surface area (Å²) < 4.78 is 7.53. The molecule has 6 nitrogen and oxygen atoms in total. The highest BCUT2D eigenvalue weighted by atomic mass is 35.5. The van der Waals surface area contributed by atoms with Crippen molar-refractivity contribution in [3.05, 3.63) is 47.2 Å². The van der Waals surface area contributed by atoms with E-state index in [1.807, 2.05) is 23.0 Å². The summed E-state index contributed by atoms with van der Waals surface area (Å²) in [5.41, 5.74) is 0.472. The average molecular weight is 363 g/mol. The number of ether oxygens (including phenoxy) is 1. The van der Waals surface area contributed by atoms with Gasteiger partial charge in [0.2, 0.25) is 0 Å². The first kappa shape index (κ1) is 17.8. The summed E-state index contributed by atoms with van der Waals surface area (Å²) in [6.45, 7) is 2.86. The van der Waals surface area contributed by atoms with E-state index in [0.29, 0.717) is 29.9 Å². The van der Waals surface area contributed by atoms with Crippen LogP contribution in [-0.2, 0) is 0 Å². The van der Waals surface area contributed by atoms with E-state index in [2.05, 4.69) is 10.4 Å². The standard InChI is InChI=1S/C18H23ClN4O2/c1-22(11-12-25-16-6-4-14(19)5-7-16)18(24)17-8-10-23(21-17)15-3-2-9-20-13-15/h4-8,10,15,20H,2-3,9,11-13H2,1H3. The van der Waals surface area contributed by atoms with Gasteiger partial charge >= 0.3 is 0 Å². The molecular formula is C18H23ClN4O2. The monoisotopic (exact) mass is 362 g/mol. The molecule has 1 aromatic heterocycles. The normalized spacial score (nSPS) is 17.3. The van der Waals surface area contributed by atoms with Crippen molar-refractivity contribution in [1.82, 2.24) is 20.0 Å². The summed E-state index contributed by atoms with van der Waals surface area (Å²) in [6, 6.07) is 9.28. The minimum atomic E-state index is -0.0952. The largest absolute Gasteiger partial charge is 0.492 e. The number of likely N-dealkylation sites (N-methyl/N-ethyl adjacent to an activating group) is 1. The van der Waals surface area contributed by atoms with Crippen LogP contribution in [0.3, 0.4) is 0 Å². The van der Waals surface area contributed by atoms with Crippen molar-refractivity contribution in [3.8, 4) is 5.75 Å². The zero-order valence-electron chi connectivity index (χ0n) is 14.3. The van der Waals surface area contributed by atoms with Crippen LogP contribution in [0.2, 0.25) is 5.02 Å². The first-order valence-electron chi connectivity index (χ1n) is 8.53. The van der Waals surface area contributed by atoms with Crippen molar-refractivity contribution in [2.45, 2.75) is 18.9 Å². The fourth-order valence-electron chi connectivity index (χ4n) is 2.84. The molecular weight excluding hydrogens is 340 g/mol. The van der Waals surface area contributed by atoms with Crippen LogP contribution in [0.25, 0.3) is 0 Å². The van der Waals surface area contributed by atoms with Gasteiger partial charge in [-0.1, -0.05) is 11.6 Å². The molecule has 1 aromatic carbocycles. The zero-order valence-corrected chi connectivity index (χ0v) is 15.1. The van der Waals surface area contributed by atoms with Crippen molar-refractivity contribution in [2.75, 3.05) is 33.3 Å². The highest BCUT2D eigenvalue weighted by molar-refractivity contribution is 6.30. The minimum Gasteiger partial charge on any atom is -0.492 e. The van der Waals surface area contributed by atoms with Gasteiger partial charge in [-0.25, -0.2) is 0 Å². The van der Waals surface area contributed by atoms with Gasteiger partial charge in [-0.15, -0.1) is 0 Å². The summed E-state index contributed by atoms with van der Waals surface area (Å²) >= 11 is 5.84. The number of benzene rings is 1. The summed E-state index contributed by atoms with van der Waals surface area (Å²) in [4.78, 5) is 14.1. The van der Waals surface area contributed by atoms with Crippen molar-refractivity contribution in [2.24, 2.45) is 0 Å². The number of rotatable bonds is 6. The molecule has 25 heavy (non-hydrogen) atoms. The molecule has 134 valence electrons. The molecule has 2 heterocycles. The number of hydrogen-bond donors (Lipinski definition) is 1. The van der Waals surface area contributed by atoms with Gasteiger partial charge in [-0.05, 0) is 49.7 Å². The number of piperidine rings is 1. The topological polar surface area (TPSA) is 59.4 Å². The van der Waals surface area contributed by atoms with Gasteiger partial charge in [-0.3, -0.25) is 9.48 Å². The Bertz CT molecular complexity index is 695. The zero-order chi connectivity index (χ0) is 17.6. The van der Waals surface area contributed by atoms with Crippen molar-refractivity contribution in [3.63, 3.8) is 0 Å². The minimum absolute atomic E-state index is 0.0952. The van der Waals surface area contributed by atoms with Gasteiger partial charge in [0.1, 0.15) is 18.1 Å². The molecule has 0 bridgehead atoms. The van der Waals surface area contributed by atoms with Crippen molar-refractivity contribution in [1.29, 1.82) is 0 Å². The van der Waals surface area contributed by atoms with E-state index in [1.54, 1.807) is 30.1 Å². The van der Waals surface area contributed by atoms with Gasteiger partial charge in [0.25, 0.3) is 5.91 Å². The number of halogens is 1. The van der Waals surface area contributed by atoms with E-state index in [1.165, 1.54) is 0 Å². The summed E-state index contributed by atoms with van der Waals surface area (Å²) in [6.07, 6.45) is 4.12. The van der Waals surface area contributed by atoms with Crippen LogP contribution in [0.4, 0.5) is 0 Å². The third-order valence-electron chi connectivity index (χ3n) is 4.33. The number of nitrogens with one attached hydrogen (secondary N) is 1. The van der Waals surface area contributed by atoms with Crippen LogP contribution in [0, 0.1) is 0 Å². The SMILES string of the molecule is CN(CCOc1ccc(Cl)cc1)C(=O)c1ccn(C2CCCNC2)n1. The second-order valence-electron chi connectivity index (χ2n) is 6.21. The summed E-state index contributed by atoms with van der Waals surface area (Å²) in [5.74, 6) is 0.640. The fourth-order valence-corrected chi connectivity index (χ4v) is 2.97. The Hall–Kier alpha value is -2.05. The Kier molecular flexibility index (Phi) is 5.94. The lowest BCUT2D eigenvalue weighted by atomic mass is 10.1. The molecule has 1 saturated heterocycles. The number of carbonyl (C=O) groups excluding carboxylic acids is 1. The lowest BCUT2D eigenvalue weighted by Gasteiger charge is -2.23. The molecule has 0 radical (unpaired) electrons. The van der Waals surface area contributed by atoms with Gasteiger partial charge < -0.3 is 15.0 Å². The van der Waals surface area contributed by atoms with Gasteiger partial charge in [0.15, 0.2) is 0 Å². The van der Waals surface area contributed by atoms with Crippen LogP contribution in [-0.4, -0.2) is 53.9 Å². The highest BCUT2D eigenvalue weighted by Gasteiger charge is 2.19. The maximum atomic E-state index is 12.5. The quantitative estimate of drug-likeness (QED) is 0.858. The lowest BCUT2D eigenvalue weighted by molar-refractivity contribution is 0.0766. The predicted octanol–water partition coefficient (Wildman–Crippen LogP) is 2.61. The maximum absolute atomic E-state index is 12.5. The van der Waals surface area contributed by atoms with Crippen molar-refractivity contribution >= 4 is 17.5 Å². The van der Waals surface area contributed by atoms with E-state index >= 15 is 0 Å². The number of amides is 1. The predicted molar refractivity (Wildman–Crippen MR) is 97.3 cm³/mol. The smallest absolute Gasteiger partial charge is 0.274 e. The van der Waals surface area contributed by atoms with E-state index in [0.717, 1.165) is 31.7 Å².